The van der Waals surface area contributed by atoms with Gasteiger partial charge in [0.2, 0.25) is 10.0 Å². The largest absolute Gasteiger partial charge is 0.489 e. The maximum absolute atomic E-state index is 14.2. The Bertz CT molecular complexity index is 1510. The van der Waals surface area contributed by atoms with E-state index in [-0.39, 0.29) is 30.1 Å². The highest BCUT2D eigenvalue weighted by molar-refractivity contribution is 7.89. The molecule has 0 atom stereocenters. The molecule has 1 aliphatic rings. The van der Waals surface area contributed by atoms with Gasteiger partial charge in [0.1, 0.15) is 29.3 Å². The Balaban J connectivity index is 1.46. The molecule has 4 rings (SSSR count). The zero-order valence-electron chi connectivity index (χ0n) is 22.3. The van der Waals surface area contributed by atoms with Crippen LogP contribution < -0.4 is 9.46 Å². The van der Waals surface area contributed by atoms with Gasteiger partial charge in [-0.25, -0.2) is 22.4 Å². The van der Waals surface area contributed by atoms with Crippen molar-refractivity contribution in [2.75, 3.05) is 20.2 Å². The molecule has 1 fully saturated rings. The van der Waals surface area contributed by atoms with Crippen molar-refractivity contribution in [3.8, 4) is 5.75 Å². The van der Waals surface area contributed by atoms with Crippen LogP contribution in [-0.4, -0.2) is 61.7 Å². The predicted octanol–water partition coefficient (Wildman–Crippen LogP) is 3.70. The van der Waals surface area contributed by atoms with Crippen LogP contribution in [0.1, 0.15) is 32.0 Å². The Hall–Kier alpha value is -3.77. The minimum atomic E-state index is -4.18. The second-order valence-electron chi connectivity index (χ2n) is 10.3. The van der Waals surface area contributed by atoms with Gasteiger partial charge in [-0.2, -0.15) is 4.72 Å². The van der Waals surface area contributed by atoms with Gasteiger partial charge in [0.05, 0.1) is 25.1 Å². The molecule has 2 aromatic carbocycles. The summed E-state index contributed by atoms with van der Waals surface area (Å²) in [5.74, 6) is -0.859. The van der Waals surface area contributed by atoms with Gasteiger partial charge in [-0.15, -0.1) is 0 Å². The summed E-state index contributed by atoms with van der Waals surface area (Å²) in [4.78, 5) is 30.2. The summed E-state index contributed by atoms with van der Waals surface area (Å²) < 4.78 is 58.8. The first-order valence-corrected chi connectivity index (χ1v) is 13.6. The molecule has 1 aliphatic heterocycles. The lowest BCUT2D eigenvalue weighted by Crippen LogP contribution is -2.75. The zero-order valence-corrected chi connectivity index (χ0v) is 23.1. The molecule has 10 nitrogen and oxygen atoms in total. The predicted molar refractivity (Wildman–Crippen MR) is 140 cm³/mol. The van der Waals surface area contributed by atoms with E-state index in [4.69, 9.17) is 14.2 Å². The molecule has 39 heavy (non-hydrogen) atoms. The summed E-state index contributed by atoms with van der Waals surface area (Å²) in [5.41, 5.74) is -0.766. The number of amides is 1. The maximum Gasteiger partial charge on any atom is 0.410 e. The third-order valence-corrected chi connectivity index (χ3v) is 7.56. The summed E-state index contributed by atoms with van der Waals surface area (Å²) >= 11 is 0. The molecule has 0 saturated carbocycles. The van der Waals surface area contributed by atoms with Crippen molar-refractivity contribution in [2.45, 2.75) is 50.3 Å². The lowest BCUT2D eigenvalue weighted by molar-refractivity contribution is -0.154. The fourth-order valence-corrected chi connectivity index (χ4v) is 5.57. The van der Waals surface area contributed by atoms with Gasteiger partial charge in [0.15, 0.2) is 5.54 Å². The van der Waals surface area contributed by atoms with Gasteiger partial charge in [-0.3, -0.25) is 4.98 Å². The first kappa shape index (κ1) is 28.2. The summed E-state index contributed by atoms with van der Waals surface area (Å²) in [6.07, 6.45) is -0.664. The standard InChI is InChI=1S/C27H30FN3O7S/c1-17-13-18(21-7-6-8-22(28)23(21)29-17)14-37-19-9-11-20(12-10-19)39(34,35)30-27(24(32)36-5)15-31(16-27)25(33)38-26(2,3)4/h6-13,30H,14-16H2,1-5H3. The van der Waals surface area contributed by atoms with Crippen molar-refractivity contribution in [1.29, 1.82) is 0 Å². The van der Waals surface area contributed by atoms with Crippen molar-refractivity contribution in [1.82, 2.24) is 14.6 Å². The number of sulfonamides is 1. The van der Waals surface area contributed by atoms with Crippen molar-refractivity contribution in [3.63, 3.8) is 0 Å². The lowest BCUT2D eigenvalue weighted by atomic mass is 9.92. The van der Waals surface area contributed by atoms with Crippen LogP contribution >= 0.6 is 0 Å². The first-order valence-electron chi connectivity index (χ1n) is 12.1. The molecular weight excluding hydrogens is 529 g/mol. The van der Waals surface area contributed by atoms with E-state index in [9.17, 15) is 22.4 Å². The Morgan fingerprint density at radius 1 is 1.13 bits per heavy atom. The molecule has 1 amide bonds. The van der Waals surface area contributed by atoms with E-state index >= 15 is 0 Å². The second kappa shape index (κ2) is 10.4. The van der Waals surface area contributed by atoms with Crippen LogP contribution in [0.15, 0.2) is 53.4 Å². The summed E-state index contributed by atoms with van der Waals surface area (Å²) in [6, 6.07) is 12.1. The molecule has 3 aromatic rings. The number of hydrogen-bond donors (Lipinski definition) is 1. The van der Waals surface area contributed by atoms with Gasteiger partial charge in [0, 0.05) is 16.6 Å². The molecule has 12 heteroatoms. The highest BCUT2D eigenvalue weighted by Gasteiger charge is 2.55. The van der Waals surface area contributed by atoms with Crippen LogP contribution in [0.2, 0.25) is 0 Å². The van der Waals surface area contributed by atoms with Gasteiger partial charge in [-0.05, 0) is 64.1 Å². The van der Waals surface area contributed by atoms with Crippen molar-refractivity contribution in [2.24, 2.45) is 0 Å². The maximum atomic E-state index is 14.2. The number of aromatic nitrogens is 1. The third-order valence-electron chi connectivity index (χ3n) is 6.01. The highest BCUT2D eigenvalue weighted by atomic mass is 32.2. The first-order chi connectivity index (χ1) is 18.2. The van der Waals surface area contributed by atoms with Crippen LogP contribution in [-0.2, 0) is 30.9 Å². The zero-order chi connectivity index (χ0) is 28.6. The number of carbonyl (C=O) groups excluding carboxylic acids is 2. The number of fused-ring (bicyclic) bond motifs is 1. The third kappa shape index (κ3) is 6.12. The molecule has 0 bridgehead atoms. The molecule has 1 saturated heterocycles. The van der Waals surface area contributed by atoms with E-state index in [1.54, 1.807) is 45.9 Å². The van der Waals surface area contributed by atoms with Crippen LogP contribution in [0, 0.1) is 12.7 Å². The SMILES string of the molecule is COC(=O)C1(NS(=O)(=O)c2ccc(OCc3cc(C)nc4c(F)cccc34)cc2)CN(C(=O)OC(C)(C)C)C1. The Morgan fingerprint density at radius 2 is 1.79 bits per heavy atom. The summed E-state index contributed by atoms with van der Waals surface area (Å²) in [7, 11) is -3.03. The molecule has 0 unspecified atom stereocenters. The molecule has 0 spiro atoms. The number of ether oxygens (including phenoxy) is 3. The monoisotopic (exact) mass is 559 g/mol. The van der Waals surface area contributed by atoms with Crippen molar-refractivity contribution >= 4 is 33.0 Å². The number of para-hydroxylation sites is 1. The number of hydrogen-bond acceptors (Lipinski definition) is 8. The number of halogens is 1. The topological polar surface area (TPSA) is 124 Å². The van der Waals surface area contributed by atoms with Crippen LogP contribution in [0.25, 0.3) is 10.9 Å². The number of nitrogens with zero attached hydrogens (tertiary/aromatic N) is 2. The molecular formula is C27H30FN3O7S. The van der Waals surface area contributed by atoms with E-state index in [1.165, 1.54) is 35.2 Å². The van der Waals surface area contributed by atoms with Crippen molar-refractivity contribution < 1.29 is 36.6 Å². The Labute approximate surface area is 226 Å². The summed E-state index contributed by atoms with van der Waals surface area (Å²) in [6.45, 7) is 6.50. The number of pyridine rings is 1. The smallest absolute Gasteiger partial charge is 0.410 e. The van der Waals surface area contributed by atoms with E-state index in [0.717, 1.165) is 12.7 Å². The quantitative estimate of drug-likeness (QED) is 0.435. The lowest BCUT2D eigenvalue weighted by Gasteiger charge is -2.47. The van der Waals surface area contributed by atoms with E-state index in [2.05, 4.69) is 9.71 Å². The molecule has 208 valence electrons. The average molecular weight is 560 g/mol. The second-order valence-corrected chi connectivity index (χ2v) is 12.0. The fourth-order valence-electron chi connectivity index (χ4n) is 4.23. The fraction of sp³-hybridized carbons (Fsp3) is 0.370. The minimum Gasteiger partial charge on any atom is -0.489 e. The number of likely N-dealkylation sites (tertiary alicyclic amines) is 1. The van der Waals surface area contributed by atoms with Gasteiger partial charge in [-0.1, -0.05) is 12.1 Å². The van der Waals surface area contributed by atoms with Gasteiger partial charge >= 0.3 is 12.1 Å². The summed E-state index contributed by atoms with van der Waals surface area (Å²) in [5, 5.41) is 0.623. The normalized spacial score (nSPS) is 15.0. The van der Waals surface area contributed by atoms with Gasteiger partial charge in [0.25, 0.3) is 0 Å². The van der Waals surface area contributed by atoms with Crippen LogP contribution in [0.5, 0.6) is 5.75 Å². The number of rotatable bonds is 7. The highest BCUT2D eigenvalue weighted by Crippen LogP contribution is 2.28. The molecule has 1 N–H and O–H groups in total. The Morgan fingerprint density at radius 3 is 2.41 bits per heavy atom. The minimum absolute atomic E-state index is 0.110. The van der Waals surface area contributed by atoms with Crippen LogP contribution in [0.3, 0.4) is 0 Å². The number of methoxy groups -OCH3 is 1. The van der Waals surface area contributed by atoms with Crippen molar-refractivity contribution in [3.05, 3.63) is 65.6 Å². The Kier molecular flexibility index (Phi) is 7.55. The molecule has 2 heterocycles. The number of esters is 1. The molecule has 1 aromatic heterocycles. The number of benzene rings is 2. The van der Waals surface area contributed by atoms with Gasteiger partial charge < -0.3 is 19.1 Å². The number of carbonyl (C=O) groups is 2. The average Bonchev–Trinajstić information content (AvgIpc) is 2.83. The van der Waals surface area contributed by atoms with Crippen LogP contribution in [0.4, 0.5) is 9.18 Å². The molecule has 0 aliphatic carbocycles. The van der Waals surface area contributed by atoms with E-state index in [0.29, 0.717) is 16.8 Å². The number of aryl methyl sites for hydroxylation is 1. The molecule has 0 radical (unpaired) electrons. The van der Waals surface area contributed by atoms with E-state index < -0.39 is 39.0 Å². The van der Waals surface area contributed by atoms with E-state index in [1.807, 2.05) is 0 Å². The number of nitrogens with one attached hydrogen (secondary N) is 1.